The van der Waals surface area contributed by atoms with E-state index in [4.69, 9.17) is 0 Å². The highest BCUT2D eigenvalue weighted by atomic mass is 15.2. The van der Waals surface area contributed by atoms with Gasteiger partial charge >= 0.3 is 0 Å². The van der Waals surface area contributed by atoms with Gasteiger partial charge in [-0.1, -0.05) is 24.3 Å². The monoisotopic (exact) mass is 199 g/mol. The Kier molecular flexibility index (Phi) is 2.05. The molecule has 0 spiro atoms. The highest BCUT2D eigenvalue weighted by Gasteiger charge is 2.28. The van der Waals surface area contributed by atoms with E-state index in [-0.39, 0.29) is 0 Å². The number of nitrogens with zero attached hydrogens (tertiary/aromatic N) is 1. The first-order valence-corrected chi connectivity index (χ1v) is 5.92. The molecular weight excluding hydrogens is 182 g/mol. The van der Waals surface area contributed by atoms with Crippen molar-refractivity contribution in [2.24, 2.45) is 0 Å². The summed E-state index contributed by atoms with van der Waals surface area (Å²) in [6.45, 7) is 2.33. The fraction of sp³-hybridized carbons (Fsp3) is 0.429. The minimum atomic E-state index is 0.645. The van der Waals surface area contributed by atoms with Crippen molar-refractivity contribution in [3.63, 3.8) is 0 Å². The molecule has 1 aromatic rings. The quantitative estimate of drug-likeness (QED) is 0.669. The minimum Gasteiger partial charge on any atom is -0.342 e. The van der Waals surface area contributed by atoms with Crippen LogP contribution < -0.4 is 4.90 Å². The highest BCUT2D eigenvalue weighted by Crippen LogP contribution is 2.37. The van der Waals surface area contributed by atoms with Crippen molar-refractivity contribution < 1.29 is 0 Å². The van der Waals surface area contributed by atoms with Gasteiger partial charge in [-0.25, -0.2) is 0 Å². The molecule has 1 aliphatic carbocycles. The molecule has 1 atom stereocenters. The van der Waals surface area contributed by atoms with Crippen LogP contribution in [0.4, 0.5) is 5.69 Å². The average molecular weight is 199 g/mol. The summed E-state index contributed by atoms with van der Waals surface area (Å²) in [6, 6.07) is 9.48. The van der Waals surface area contributed by atoms with Crippen molar-refractivity contribution in [2.75, 3.05) is 4.90 Å². The summed E-state index contributed by atoms with van der Waals surface area (Å²) in [5.74, 6) is 0. The van der Waals surface area contributed by atoms with E-state index < -0.39 is 0 Å². The van der Waals surface area contributed by atoms with E-state index in [1.165, 1.54) is 36.9 Å². The van der Waals surface area contributed by atoms with Crippen molar-refractivity contribution in [3.05, 3.63) is 41.6 Å². The summed E-state index contributed by atoms with van der Waals surface area (Å²) in [6.07, 6.45) is 7.48. The second-order valence-corrected chi connectivity index (χ2v) is 4.64. The van der Waals surface area contributed by atoms with Crippen LogP contribution in [0.2, 0.25) is 0 Å². The Morgan fingerprint density at radius 2 is 2.13 bits per heavy atom. The Hall–Kier alpha value is -1.24. The number of anilines is 1. The number of benzene rings is 1. The number of rotatable bonds is 1. The lowest BCUT2D eigenvalue weighted by Crippen LogP contribution is -2.27. The fourth-order valence-corrected chi connectivity index (χ4v) is 2.88. The van der Waals surface area contributed by atoms with Gasteiger partial charge in [-0.2, -0.15) is 0 Å². The molecule has 3 rings (SSSR count). The molecule has 0 bridgehead atoms. The van der Waals surface area contributed by atoms with E-state index in [1.54, 1.807) is 5.70 Å². The van der Waals surface area contributed by atoms with E-state index in [2.05, 4.69) is 42.2 Å². The summed E-state index contributed by atoms with van der Waals surface area (Å²) in [5.41, 5.74) is 4.50. The van der Waals surface area contributed by atoms with Crippen LogP contribution in [0, 0.1) is 0 Å². The van der Waals surface area contributed by atoms with Gasteiger partial charge in [-0.05, 0) is 44.2 Å². The Morgan fingerprint density at radius 1 is 1.27 bits per heavy atom. The largest absolute Gasteiger partial charge is 0.342 e. The SMILES string of the molecule is CC1Cc2ccccc2N1C1=CCCC1. The molecule has 0 amide bonds. The van der Waals surface area contributed by atoms with Crippen molar-refractivity contribution in [1.29, 1.82) is 0 Å². The number of hydrogen-bond donors (Lipinski definition) is 0. The molecule has 1 aromatic carbocycles. The predicted molar refractivity (Wildman–Crippen MR) is 64.0 cm³/mol. The zero-order valence-electron chi connectivity index (χ0n) is 9.24. The van der Waals surface area contributed by atoms with Gasteiger partial charge in [-0.15, -0.1) is 0 Å². The van der Waals surface area contributed by atoms with Gasteiger partial charge in [0.15, 0.2) is 0 Å². The van der Waals surface area contributed by atoms with Crippen molar-refractivity contribution in [2.45, 2.75) is 38.6 Å². The van der Waals surface area contributed by atoms with Crippen LogP contribution in [0.25, 0.3) is 0 Å². The predicted octanol–water partition coefficient (Wildman–Crippen LogP) is 3.51. The van der Waals surface area contributed by atoms with Gasteiger partial charge < -0.3 is 4.90 Å². The average Bonchev–Trinajstić information content (AvgIpc) is 2.82. The van der Waals surface area contributed by atoms with E-state index in [0.29, 0.717) is 6.04 Å². The minimum absolute atomic E-state index is 0.645. The molecule has 1 nitrogen and oxygen atoms in total. The Morgan fingerprint density at radius 3 is 2.93 bits per heavy atom. The normalized spacial score (nSPS) is 24.2. The first-order chi connectivity index (χ1) is 7.36. The van der Waals surface area contributed by atoms with Crippen molar-refractivity contribution in [3.8, 4) is 0 Å². The molecule has 0 saturated carbocycles. The summed E-state index contributed by atoms with van der Waals surface area (Å²) < 4.78 is 0. The van der Waals surface area contributed by atoms with Gasteiger partial charge in [-0.3, -0.25) is 0 Å². The zero-order chi connectivity index (χ0) is 10.3. The molecule has 0 saturated heterocycles. The topological polar surface area (TPSA) is 3.24 Å². The zero-order valence-corrected chi connectivity index (χ0v) is 9.24. The van der Waals surface area contributed by atoms with Crippen molar-refractivity contribution in [1.82, 2.24) is 0 Å². The molecule has 1 heterocycles. The number of allylic oxidation sites excluding steroid dienone is 2. The standard InChI is InChI=1S/C14H17N/c1-11-10-12-6-2-5-9-14(12)15(11)13-7-3-4-8-13/h2,5-7,9,11H,3-4,8,10H2,1H3. The van der Waals surface area contributed by atoms with Crippen LogP contribution in [-0.2, 0) is 6.42 Å². The molecule has 0 N–H and O–H groups in total. The molecule has 0 aromatic heterocycles. The first kappa shape index (κ1) is 9.02. The van der Waals surface area contributed by atoms with Crippen molar-refractivity contribution >= 4 is 5.69 Å². The van der Waals surface area contributed by atoms with E-state index >= 15 is 0 Å². The summed E-state index contributed by atoms with van der Waals surface area (Å²) in [4.78, 5) is 2.54. The lowest BCUT2D eigenvalue weighted by Gasteiger charge is -2.26. The molecule has 1 unspecified atom stereocenters. The van der Waals surface area contributed by atoms with Crippen LogP contribution in [-0.4, -0.2) is 6.04 Å². The second kappa shape index (κ2) is 3.41. The number of para-hydroxylation sites is 1. The van der Waals surface area contributed by atoms with Gasteiger partial charge in [0, 0.05) is 17.4 Å². The van der Waals surface area contributed by atoms with Gasteiger partial charge in [0.1, 0.15) is 0 Å². The van der Waals surface area contributed by atoms with E-state index in [9.17, 15) is 0 Å². The Bertz CT molecular complexity index is 406. The van der Waals surface area contributed by atoms with Gasteiger partial charge in [0.2, 0.25) is 0 Å². The third-order valence-electron chi connectivity index (χ3n) is 3.53. The maximum atomic E-state index is 2.54. The second-order valence-electron chi connectivity index (χ2n) is 4.64. The first-order valence-electron chi connectivity index (χ1n) is 5.92. The van der Waals surface area contributed by atoms with Gasteiger partial charge in [0.05, 0.1) is 0 Å². The molecule has 0 radical (unpaired) electrons. The third-order valence-corrected chi connectivity index (χ3v) is 3.53. The molecule has 78 valence electrons. The number of fused-ring (bicyclic) bond motifs is 1. The Balaban J connectivity index is 2.02. The number of hydrogen-bond acceptors (Lipinski definition) is 1. The maximum absolute atomic E-state index is 2.54. The summed E-state index contributed by atoms with van der Waals surface area (Å²) in [5, 5.41) is 0. The molecule has 0 fully saturated rings. The van der Waals surface area contributed by atoms with Crippen LogP contribution in [0.1, 0.15) is 31.7 Å². The Labute approximate surface area is 91.4 Å². The lowest BCUT2D eigenvalue weighted by molar-refractivity contribution is 0.713. The highest BCUT2D eigenvalue weighted by molar-refractivity contribution is 5.63. The molecule has 1 aliphatic heterocycles. The molecular formula is C14H17N. The van der Waals surface area contributed by atoms with E-state index in [0.717, 1.165) is 0 Å². The summed E-state index contributed by atoms with van der Waals surface area (Å²) in [7, 11) is 0. The fourth-order valence-electron chi connectivity index (χ4n) is 2.88. The van der Waals surface area contributed by atoms with Crippen LogP contribution in [0.5, 0.6) is 0 Å². The van der Waals surface area contributed by atoms with Crippen LogP contribution in [0.15, 0.2) is 36.0 Å². The molecule has 1 heteroatoms. The molecule has 15 heavy (non-hydrogen) atoms. The van der Waals surface area contributed by atoms with E-state index in [1.807, 2.05) is 0 Å². The molecule has 2 aliphatic rings. The maximum Gasteiger partial charge on any atom is 0.0444 e. The lowest BCUT2D eigenvalue weighted by atomic mass is 10.1. The van der Waals surface area contributed by atoms with Crippen LogP contribution in [0.3, 0.4) is 0 Å². The summed E-state index contributed by atoms with van der Waals surface area (Å²) >= 11 is 0. The smallest absolute Gasteiger partial charge is 0.0444 e. The third kappa shape index (κ3) is 1.38. The van der Waals surface area contributed by atoms with Crippen LogP contribution >= 0.6 is 0 Å². The van der Waals surface area contributed by atoms with Gasteiger partial charge in [0.25, 0.3) is 0 Å².